The Bertz CT molecular complexity index is 322. The zero-order valence-electron chi connectivity index (χ0n) is 8.26. The molecule has 0 aliphatic carbocycles. The highest BCUT2D eigenvalue weighted by Crippen LogP contribution is 2.62. The van der Waals surface area contributed by atoms with Gasteiger partial charge in [0.15, 0.2) is 0 Å². The number of hydrogen-bond acceptors (Lipinski definition) is 5. The lowest BCUT2D eigenvalue weighted by Crippen LogP contribution is -2.22. The van der Waals surface area contributed by atoms with Crippen molar-refractivity contribution < 1.29 is 23.1 Å². The maximum atomic E-state index is 11.9. The van der Waals surface area contributed by atoms with Crippen molar-refractivity contribution in [1.82, 2.24) is 0 Å². The highest BCUT2D eigenvalue weighted by atomic mass is 31.2. The molecule has 0 bridgehead atoms. The zero-order chi connectivity index (χ0) is 10.8. The van der Waals surface area contributed by atoms with Crippen LogP contribution in [0, 0.1) is 0 Å². The van der Waals surface area contributed by atoms with Crippen LogP contribution in [0.4, 0.5) is 0 Å². The molecule has 0 aliphatic rings. The van der Waals surface area contributed by atoms with E-state index in [1.165, 1.54) is 33.5 Å². The second-order valence-electron chi connectivity index (χ2n) is 2.86. The van der Waals surface area contributed by atoms with Gasteiger partial charge < -0.3 is 18.6 Å². The molecule has 0 saturated heterocycles. The maximum Gasteiger partial charge on any atom is 0.368 e. The molecule has 5 nitrogen and oxygen atoms in total. The van der Waals surface area contributed by atoms with E-state index in [9.17, 15) is 9.67 Å². The van der Waals surface area contributed by atoms with Crippen molar-refractivity contribution in [2.45, 2.75) is 12.3 Å². The highest BCUT2D eigenvalue weighted by Gasteiger charge is 2.48. The minimum absolute atomic E-state index is 0.143. The molecule has 0 radical (unpaired) electrons. The second kappa shape index (κ2) is 3.87. The fraction of sp³-hybridized carbons (Fsp3) is 0.500. The molecule has 0 spiro atoms. The Labute approximate surface area is 82.2 Å². The molecule has 6 heteroatoms. The van der Waals surface area contributed by atoms with Crippen LogP contribution in [0.25, 0.3) is 0 Å². The second-order valence-corrected chi connectivity index (χ2v) is 5.46. The van der Waals surface area contributed by atoms with Gasteiger partial charge in [0.1, 0.15) is 5.76 Å². The predicted molar refractivity (Wildman–Crippen MR) is 49.9 cm³/mol. The maximum absolute atomic E-state index is 11.9. The first kappa shape index (κ1) is 11.5. The van der Waals surface area contributed by atoms with Gasteiger partial charge in [0.05, 0.1) is 6.26 Å². The molecule has 0 fully saturated rings. The Morgan fingerprint density at radius 1 is 1.50 bits per heavy atom. The van der Waals surface area contributed by atoms with Crippen molar-refractivity contribution in [2.24, 2.45) is 0 Å². The fourth-order valence-electron chi connectivity index (χ4n) is 1.11. The third-order valence-electron chi connectivity index (χ3n) is 2.00. The van der Waals surface area contributed by atoms with E-state index in [1.807, 2.05) is 0 Å². The van der Waals surface area contributed by atoms with E-state index in [0.29, 0.717) is 0 Å². The Kier molecular flexibility index (Phi) is 3.17. The van der Waals surface area contributed by atoms with Gasteiger partial charge in [-0.15, -0.1) is 0 Å². The van der Waals surface area contributed by atoms with Crippen molar-refractivity contribution in [3.63, 3.8) is 0 Å². The molecule has 0 aromatic carbocycles. The normalized spacial score (nSPS) is 16.6. The minimum Gasteiger partial charge on any atom is -0.466 e. The Morgan fingerprint density at radius 3 is 2.43 bits per heavy atom. The number of rotatable bonds is 4. The molecule has 1 rings (SSSR count). The lowest BCUT2D eigenvalue weighted by atomic mass is 10.3. The van der Waals surface area contributed by atoms with E-state index in [-0.39, 0.29) is 5.76 Å². The quantitative estimate of drug-likeness (QED) is 0.785. The van der Waals surface area contributed by atoms with Crippen LogP contribution in [-0.4, -0.2) is 19.3 Å². The first-order valence-electron chi connectivity index (χ1n) is 3.96. The van der Waals surface area contributed by atoms with Gasteiger partial charge in [0.25, 0.3) is 0 Å². The van der Waals surface area contributed by atoms with E-state index >= 15 is 0 Å². The van der Waals surface area contributed by atoms with E-state index < -0.39 is 12.9 Å². The molecule has 1 heterocycles. The summed E-state index contributed by atoms with van der Waals surface area (Å²) in [6, 6.07) is 3.09. The standard InChI is InChI=1S/C8H13O5P/c1-8(9,7-5-4-6-13-7)14(10,11-2)12-3/h4-6,9H,1-3H3/t8-/m1/s1. The molecule has 0 saturated carbocycles. The summed E-state index contributed by atoms with van der Waals surface area (Å²) in [5.74, 6) is 0.143. The Balaban J connectivity index is 3.12. The van der Waals surface area contributed by atoms with Gasteiger partial charge >= 0.3 is 7.60 Å². The summed E-state index contributed by atoms with van der Waals surface area (Å²) >= 11 is 0. The van der Waals surface area contributed by atoms with Gasteiger partial charge in [0.2, 0.25) is 5.34 Å². The topological polar surface area (TPSA) is 68.9 Å². The summed E-state index contributed by atoms with van der Waals surface area (Å²) in [7, 11) is -1.19. The average molecular weight is 220 g/mol. The summed E-state index contributed by atoms with van der Waals surface area (Å²) in [5.41, 5.74) is 0. The molecule has 0 aliphatic heterocycles. The Hall–Kier alpha value is -0.610. The van der Waals surface area contributed by atoms with Crippen LogP contribution < -0.4 is 0 Å². The van der Waals surface area contributed by atoms with Crippen LogP contribution >= 0.6 is 7.60 Å². The summed E-state index contributed by atoms with van der Waals surface area (Å²) < 4.78 is 26.3. The summed E-state index contributed by atoms with van der Waals surface area (Å²) in [6.07, 6.45) is 1.37. The van der Waals surface area contributed by atoms with Gasteiger partial charge in [-0.1, -0.05) is 0 Å². The van der Waals surface area contributed by atoms with Crippen molar-refractivity contribution in [3.8, 4) is 0 Å². The highest BCUT2D eigenvalue weighted by molar-refractivity contribution is 7.54. The molecule has 1 aromatic heterocycles. The zero-order valence-corrected chi connectivity index (χ0v) is 9.15. The number of hydrogen-bond donors (Lipinski definition) is 1. The molecule has 0 unspecified atom stereocenters. The van der Waals surface area contributed by atoms with Gasteiger partial charge in [-0.25, -0.2) is 0 Å². The number of furan rings is 1. The van der Waals surface area contributed by atoms with Gasteiger partial charge in [0, 0.05) is 14.2 Å². The molecular weight excluding hydrogens is 207 g/mol. The first-order chi connectivity index (χ1) is 6.48. The Morgan fingerprint density at radius 2 is 2.07 bits per heavy atom. The van der Waals surface area contributed by atoms with E-state index in [0.717, 1.165) is 0 Å². The van der Waals surface area contributed by atoms with Crippen LogP contribution in [-0.2, 0) is 19.0 Å². The van der Waals surface area contributed by atoms with Gasteiger partial charge in [-0.2, -0.15) is 0 Å². The SMILES string of the molecule is COP(=O)(OC)[C@@](C)(O)c1ccco1. The van der Waals surface area contributed by atoms with E-state index in [4.69, 9.17) is 13.5 Å². The molecule has 0 amide bonds. The van der Waals surface area contributed by atoms with Crippen LogP contribution in [0.3, 0.4) is 0 Å². The molecule has 1 aromatic rings. The van der Waals surface area contributed by atoms with Crippen molar-refractivity contribution in [1.29, 1.82) is 0 Å². The van der Waals surface area contributed by atoms with Crippen molar-refractivity contribution in [2.75, 3.05) is 14.2 Å². The average Bonchev–Trinajstić information content (AvgIpc) is 2.69. The molecule has 1 atom stereocenters. The van der Waals surface area contributed by atoms with E-state index in [1.54, 1.807) is 6.07 Å². The predicted octanol–water partition coefficient (Wildman–Crippen LogP) is 1.93. The van der Waals surface area contributed by atoms with Crippen LogP contribution in [0.1, 0.15) is 12.7 Å². The number of aliphatic hydroxyl groups is 1. The summed E-state index contributed by atoms with van der Waals surface area (Å²) in [4.78, 5) is 0. The van der Waals surface area contributed by atoms with Gasteiger partial charge in [-0.3, -0.25) is 4.57 Å². The third kappa shape index (κ3) is 1.64. The molecule has 14 heavy (non-hydrogen) atoms. The van der Waals surface area contributed by atoms with Crippen LogP contribution in [0.5, 0.6) is 0 Å². The third-order valence-corrected chi connectivity index (χ3v) is 4.25. The first-order valence-corrected chi connectivity index (χ1v) is 5.50. The molecular formula is C8H13O5P. The summed E-state index contributed by atoms with van der Waals surface area (Å²) in [6.45, 7) is 1.32. The van der Waals surface area contributed by atoms with Crippen molar-refractivity contribution in [3.05, 3.63) is 24.2 Å². The largest absolute Gasteiger partial charge is 0.466 e. The fourth-order valence-corrected chi connectivity index (χ4v) is 2.37. The lowest BCUT2D eigenvalue weighted by molar-refractivity contribution is 0.0733. The van der Waals surface area contributed by atoms with E-state index in [2.05, 4.69) is 0 Å². The minimum atomic E-state index is -3.61. The van der Waals surface area contributed by atoms with Crippen LogP contribution in [0.15, 0.2) is 22.8 Å². The van der Waals surface area contributed by atoms with Gasteiger partial charge in [-0.05, 0) is 19.1 Å². The smallest absolute Gasteiger partial charge is 0.368 e. The lowest BCUT2D eigenvalue weighted by Gasteiger charge is -2.27. The monoisotopic (exact) mass is 220 g/mol. The summed E-state index contributed by atoms with van der Waals surface area (Å²) in [5, 5.41) is 8.21. The molecule has 1 N–H and O–H groups in total. The van der Waals surface area contributed by atoms with Crippen molar-refractivity contribution >= 4 is 7.60 Å². The van der Waals surface area contributed by atoms with Crippen LogP contribution in [0.2, 0.25) is 0 Å². The molecule has 80 valence electrons.